The molecule has 3 atom stereocenters. The Morgan fingerprint density at radius 1 is 1.15 bits per heavy atom. The van der Waals surface area contributed by atoms with Gasteiger partial charge in [-0.3, -0.25) is 4.99 Å². The number of rotatable bonds is 5. The van der Waals surface area contributed by atoms with E-state index >= 15 is 0 Å². The van der Waals surface area contributed by atoms with Gasteiger partial charge >= 0.3 is 0 Å². The van der Waals surface area contributed by atoms with E-state index in [4.69, 9.17) is 27.9 Å². The standard InChI is InChI=1S/C19H16Cl2N2O3S/c1-18(10-3-11-22-18)17-19(26-17,15-4-2-5-16(21)23-15)12-27(24,25)14-8-6-13(20)7-9-14/h2-11,17H,12H2,1H3. The first-order valence-corrected chi connectivity index (χ1v) is 10.7. The second kappa shape index (κ2) is 6.41. The predicted octanol–water partition coefficient (Wildman–Crippen LogP) is 3.86. The SMILES string of the molecule is CC1(C2OC2(CS(=O)(=O)c2ccc(Cl)cc2)c2cccc(Cl)n2)C=CC=N1. The Morgan fingerprint density at radius 3 is 2.52 bits per heavy atom. The molecule has 1 fully saturated rings. The topological polar surface area (TPSA) is 71.9 Å². The molecule has 3 heterocycles. The lowest BCUT2D eigenvalue weighted by Crippen LogP contribution is -2.35. The molecule has 140 valence electrons. The monoisotopic (exact) mass is 422 g/mol. The number of aromatic nitrogens is 1. The number of aliphatic imine (C=N–C) groups is 1. The van der Waals surface area contributed by atoms with Crippen molar-refractivity contribution in [1.29, 1.82) is 0 Å². The normalized spacial score (nSPS) is 29.2. The highest BCUT2D eigenvalue weighted by Gasteiger charge is 2.67. The summed E-state index contributed by atoms with van der Waals surface area (Å²) in [7, 11) is -3.67. The molecule has 0 amide bonds. The number of pyridine rings is 1. The Hall–Kier alpha value is -1.73. The average Bonchev–Trinajstić information content (AvgIpc) is 3.19. The lowest BCUT2D eigenvalue weighted by atomic mass is 9.89. The average molecular weight is 423 g/mol. The van der Waals surface area contributed by atoms with Gasteiger partial charge in [-0.15, -0.1) is 0 Å². The summed E-state index contributed by atoms with van der Waals surface area (Å²) in [5, 5.41) is 0.749. The van der Waals surface area contributed by atoms with Crippen molar-refractivity contribution in [3.63, 3.8) is 0 Å². The minimum absolute atomic E-state index is 0.179. The summed E-state index contributed by atoms with van der Waals surface area (Å²) < 4.78 is 32.2. The first-order valence-electron chi connectivity index (χ1n) is 8.27. The predicted molar refractivity (Wildman–Crippen MR) is 105 cm³/mol. The molecule has 0 radical (unpaired) electrons. The number of sulfone groups is 1. The van der Waals surface area contributed by atoms with Crippen LogP contribution in [0.5, 0.6) is 0 Å². The number of hydrogen-bond acceptors (Lipinski definition) is 5. The number of benzene rings is 1. The van der Waals surface area contributed by atoms with Gasteiger partial charge in [-0.25, -0.2) is 13.4 Å². The van der Waals surface area contributed by atoms with Crippen LogP contribution in [0.4, 0.5) is 0 Å². The van der Waals surface area contributed by atoms with Crippen LogP contribution in [0.1, 0.15) is 12.6 Å². The van der Waals surface area contributed by atoms with Crippen LogP contribution < -0.4 is 0 Å². The van der Waals surface area contributed by atoms with Gasteiger partial charge in [-0.2, -0.15) is 0 Å². The molecule has 3 unspecified atom stereocenters. The fourth-order valence-corrected chi connectivity index (χ4v) is 5.38. The summed E-state index contributed by atoms with van der Waals surface area (Å²) >= 11 is 11.9. The van der Waals surface area contributed by atoms with Crippen molar-refractivity contribution in [2.75, 3.05) is 5.75 Å². The van der Waals surface area contributed by atoms with Crippen molar-refractivity contribution in [1.82, 2.24) is 4.98 Å². The third-order valence-corrected chi connectivity index (χ3v) is 7.09. The van der Waals surface area contributed by atoms with E-state index in [9.17, 15) is 8.42 Å². The van der Waals surface area contributed by atoms with Crippen LogP contribution in [-0.2, 0) is 20.2 Å². The summed E-state index contributed by atoms with van der Waals surface area (Å²) in [5.74, 6) is -0.265. The van der Waals surface area contributed by atoms with Crippen LogP contribution in [0, 0.1) is 0 Å². The Morgan fingerprint density at radius 2 is 1.89 bits per heavy atom. The molecule has 2 aliphatic heterocycles. The highest BCUT2D eigenvalue weighted by Crippen LogP contribution is 2.54. The van der Waals surface area contributed by atoms with Crippen LogP contribution in [-0.4, -0.2) is 37.0 Å². The fourth-order valence-electron chi connectivity index (χ4n) is 3.44. The zero-order valence-electron chi connectivity index (χ0n) is 14.3. The number of halogens is 2. The second-order valence-electron chi connectivity index (χ2n) is 6.81. The third-order valence-electron chi connectivity index (χ3n) is 4.82. The van der Waals surface area contributed by atoms with Crippen LogP contribution >= 0.6 is 23.2 Å². The molecule has 1 aromatic heterocycles. The molecular weight excluding hydrogens is 407 g/mol. The third kappa shape index (κ3) is 3.31. The van der Waals surface area contributed by atoms with Crippen LogP contribution in [0.25, 0.3) is 0 Å². The summed E-state index contributed by atoms with van der Waals surface area (Å²) in [6.45, 7) is 1.90. The Labute approximate surface area is 167 Å². The van der Waals surface area contributed by atoms with Crippen LogP contribution in [0.2, 0.25) is 10.2 Å². The van der Waals surface area contributed by atoms with Gasteiger partial charge in [0.05, 0.1) is 16.3 Å². The molecule has 8 heteroatoms. The van der Waals surface area contributed by atoms with Crippen LogP contribution in [0.3, 0.4) is 0 Å². The first-order chi connectivity index (χ1) is 12.8. The van der Waals surface area contributed by atoms with Crippen molar-refractivity contribution in [3.8, 4) is 0 Å². The molecule has 0 spiro atoms. The minimum atomic E-state index is -3.67. The Balaban J connectivity index is 1.75. The van der Waals surface area contributed by atoms with Crippen molar-refractivity contribution < 1.29 is 13.2 Å². The lowest BCUT2D eigenvalue weighted by molar-refractivity contribution is 0.290. The highest BCUT2D eigenvalue weighted by atomic mass is 35.5. The molecule has 2 aliphatic rings. The fraction of sp³-hybridized carbons (Fsp3) is 0.263. The Bertz CT molecular complexity index is 1040. The largest absolute Gasteiger partial charge is 0.355 e. The van der Waals surface area contributed by atoms with Gasteiger partial charge in [0, 0.05) is 11.2 Å². The van der Waals surface area contributed by atoms with E-state index < -0.39 is 27.1 Å². The summed E-state index contributed by atoms with van der Waals surface area (Å²) in [6.07, 6.45) is 4.95. The number of hydrogen-bond donors (Lipinski definition) is 0. The van der Waals surface area contributed by atoms with Crippen molar-refractivity contribution >= 4 is 39.3 Å². The quantitative estimate of drug-likeness (QED) is 0.541. The number of epoxide rings is 1. The zero-order chi connectivity index (χ0) is 19.3. The summed E-state index contributed by atoms with van der Waals surface area (Å²) in [6, 6.07) is 11.2. The maximum atomic E-state index is 13.1. The zero-order valence-corrected chi connectivity index (χ0v) is 16.7. The van der Waals surface area contributed by atoms with Gasteiger partial charge in [0.1, 0.15) is 16.8 Å². The van der Waals surface area contributed by atoms with E-state index in [0.29, 0.717) is 10.7 Å². The molecule has 0 aliphatic carbocycles. The maximum absolute atomic E-state index is 13.1. The first kappa shape index (κ1) is 18.6. The molecule has 2 aromatic rings. The van der Waals surface area contributed by atoms with Crippen LogP contribution in [0.15, 0.2) is 64.5 Å². The van der Waals surface area contributed by atoms with E-state index in [1.165, 1.54) is 12.1 Å². The smallest absolute Gasteiger partial charge is 0.181 e. The molecule has 27 heavy (non-hydrogen) atoms. The number of nitrogens with zero attached hydrogens (tertiary/aromatic N) is 2. The molecule has 0 saturated carbocycles. The molecule has 5 nitrogen and oxygen atoms in total. The minimum Gasteiger partial charge on any atom is -0.355 e. The molecule has 0 bridgehead atoms. The molecule has 0 N–H and O–H groups in total. The molecule has 4 rings (SSSR count). The van der Waals surface area contributed by atoms with E-state index in [-0.39, 0.29) is 15.8 Å². The number of ether oxygens (including phenoxy) is 1. The summed E-state index contributed by atoms with van der Waals surface area (Å²) in [4.78, 5) is 8.96. The molecular formula is C19H16Cl2N2O3S. The Kier molecular flexibility index (Phi) is 4.42. The highest BCUT2D eigenvalue weighted by molar-refractivity contribution is 7.91. The van der Waals surface area contributed by atoms with Gasteiger partial charge in [0.2, 0.25) is 0 Å². The van der Waals surface area contributed by atoms with E-state index in [1.807, 2.05) is 19.1 Å². The summed E-state index contributed by atoms with van der Waals surface area (Å²) in [5.41, 5.74) is -1.29. The van der Waals surface area contributed by atoms with Gasteiger partial charge in [-0.05, 0) is 49.4 Å². The van der Waals surface area contributed by atoms with Crippen molar-refractivity contribution in [2.24, 2.45) is 4.99 Å². The maximum Gasteiger partial charge on any atom is 0.181 e. The van der Waals surface area contributed by atoms with E-state index in [2.05, 4.69) is 9.98 Å². The van der Waals surface area contributed by atoms with E-state index in [1.54, 1.807) is 36.5 Å². The van der Waals surface area contributed by atoms with Gasteiger partial charge in [0.15, 0.2) is 15.4 Å². The lowest BCUT2D eigenvalue weighted by Gasteiger charge is -2.20. The van der Waals surface area contributed by atoms with Gasteiger partial charge in [-0.1, -0.05) is 35.3 Å². The number of allylic oxidation sites excluding steroid dienone is 1. The second-order valence-corrected chi connectivity index (χ2v) is 9.62. The molecule has 1 saturated heterocycles. The molecule has 1 aromatic carbocycles. The van der Waals surface area contributed by atoms with Gasteiger partial charge in [0.25, 0.3) is 0 Å². The van der Waals surface area contributed by atoms with E-state index in [0.717, 1.165) is 0 Å². The van der Waals surface area contributed by atoms with Gasteiger partial charge < -0.3 is 4.74 Å². The van der Waals surface area contributed by atoms with Crippen molar-refractivity contribution in [3.05, 3.63) is 70.5 Å². The van der Waals surface area contributed by atoms with Crippen molar-refractivity contribution in [2.45, 2.75) is 29.1 Å².